The van der Waals surface area contributed by atoms with E-state index in [0.29, 0.717) is 12.4 Å². The molecule has 0 aliphatic carbocycles. The number of carbonyl (C=O) groups excluding carboxylic acids is 1. The van der Waals surface area contributed by atoms with Gasteiger partial charge >= 0.3 is 0 Å². The number of nitrogens with one attached hydrogen (secondary N) is 2. The van der Waals surface area contributed by atoms with Crippen LogP contribution in [0, 0.1) is 5.82 Å². The predicted molar refractivity (Wildman–Crippen MR) is 115 cm³/mol. The molecule has 0 fully saturated rings. The highest BCUT2D eigenvalue weighted by Crippen LogP contribution is 2.38. The molecule has 4 aromatic rings. The van der Waals surface area contributed by atoms with Gasteiger partial charge in [-0.3, -0.25) is 10.1 Å². The number of halogens is 1. The van der Waals surface area contributed by atoms with Crippen LogP contribution in [0.1, 0.15) is 40.2 Å². The molecule has 32 heavy (non-hydrogen) atoms. The summed E-state index contributed by atoms with van der Waals surface area (Å²) in [6.45, 7) is 0. The van der Waals surface area contributed by atoms with Crippen LogP contribution in [-0.2, 0) is 0 Å². The first-order chi connectivity index (χ1) is 15.6. The van der Waals surface area contributed by atoms with Gasteiger partial charge in [0.25, 0.3) is 11.9 Å². The van der Waals surface area contributed by atoms with E-state index in [1.54, 1.807) is 36.1 Å². The number of nitrogens with zero attached hydrogens (tertiary/aromatic N) is 3. The molecule has 9 heteroatoms. The van der Waals surface area contributed by atoms with Crippen LogP contribution in [-0.4, -0.2) is 27.8 Å². The number of amides is 1. The normalized spacial score (nSPS) is 17.3. The van der Waals surface area contributed by atoms with Crippen LogP contribution in [0.4, 0.5) is 16.3 Å². The molecular weight excluding hydrogens is 413 g/mol. The number of ether oxygens (including phenoxy) is 1. The van der Waals surface area contributed by atoms with Crippen LogP contribution in [0.15, 0.2) is 71.3 Å². The number of methoxy groups -OCH3 is 1. The molecule has 1 aliphatic rings. The highest BCUT2D eigenvalue weighted by molar-refractivity contribution is 6.01. The van der Waals surface area contributed by atoms with Crippen LogP contribution < -0.4 is 15.4 Å². The monoisotopic (exact) mass is 433 g/mol. The molecular formula is C23H20FN5O3. The number of anilines is 2. The quantitative estimate of drug-likeness (QED) is 0.484. The molecule has 2 aromatic carbocycles. The zero-order valence-electron chi connectivity index (χ0n) is 17.2. The second kappa shape index (κ2) is 8.18. The largest absolute Gasteiger partial charge is 0.497 e. The molecule has 8 nitrogen and oxygen atoms in total. The third-order valence-corrected chi connectivity index (χ3v) is 5.43. The van der Waals surface area contributed by atoms with Crippen molar-refractivity contribution in [3.05, 3.63) is 89.6 Å². The highest BCUT2D eigenvalue weighted by Gasteiger charge is 2.31. The van der Waals surface area contributed by atoms with Crippen LogP contribution in [0.25, 0.3) is 0 Å². The Morgan fingerprint density at radius 2 is 1.91 bits per heavy atom. The lowest BCUT2D eigenvalue weighted by Gasteiger charge is -2.31. The zero-order chi connectivity index (χ0) is 22.1. The summed E-state index contributed by atoms with van der Waals surface area (Å²) in [5, 5.41) is 10.5. The molecule has 0 unspecified atom stereocenters. The maximum atomic E-state index is 13.5. The molecule has 0 spiro atoms. The number of carbonyl (C=O) groups is 1. The van der Waals surface area contributed by atoms with Crippen LogP contribution in [0.3, 0.4) is 0 Å². The molecule has 0 saturated heterocycles. The maximum Gasteiger partial charge on any atom is 0.293 e. The van der Waals surface area contributed by atoms with Crippen molar-refractivity contribution in [1.29, 1.82) is 0 Å². The summed E-state index contributed by atoms with van der Waals surface area (Å²) >= 11 is 0. The van der Waals surface area contributed by atoms with Gasteiger partial charge in [0, 0.05) is 0 Å². The predicted octanol–water partition coefficient (Wildman–Crippen LogP) is 4.42. The fourth-order valence-electron chi connectivity index (χ4n) is 3.82. The summed E-state index contributed by atoms with van der Waals surface area (Å²) < 4.78 is 25.6. The van der Waals surface area contributed by atoms with Crippen molar-refractivity contribution in [2.75, 3.05) is 17.7 Å². The number of benzene rings is 2. The molecule has 1 aliphatic heterocycles. The Morgan fingerprint density at radius 3 is 2.59 bits per heavy atom. The van der Waals surface area contributed by atoms with Crippen LogP contribution in [0.5, 0.6) is 5.75 Å². The van der Waals surface area contributed by atoms with Gasteiger partial charge in [-0.15, -0.1) is 5.10 Å². The van der Waals surface area contributed by atoms with Gasteiger partial charge in [0.05, 0.1) is 25.5 Å². The number of hydrogen-bond donors (Lipinski definition) is 2. The Balaban J connectivity index is 1.48. The van der Waals surface area contributed by atoms with Crippen molar-refractivity contribution in [3.63, 3.8) is 0 Å². The van der Waals surface area contributed by atoms with E-state index in [4.69, 9.17) is 9.15 Å². The van der Waals surface area contributed by atoms with Gasteiger partial charge < -0.3 is 14.5 Å². The number of furan rings is 1. The fraction of sp³-hybridized carbons (Fsp3) is 0.174. The Labute approximate surface area is 183 Å². The lowest BCUT2D eigenvalue weighted by molar-refractivity contribution is 0.0995. The van der Waals surface area contributed by atoms with E-state index in [0.717, 1.165) is 16.9 Å². The molecule has 5 rings (SSSR count). The smallest absolute Gasteiger partial charge is 0.293 e. The first kappa shape index (κ1) is 19.8. The summed E-state index contributed by atoms with van der Waals surface area (Å²) in [6.07, 6.45) is 2.08. The third-order valence-electron chi connectivity index (χ3n) is 5.43. The Kier molecular flexibility index (Phi) is 5.06. The van der Waals surface area contributed by atoms with Gasteiger partial charge in [0.15, 0.2) is 5.76 Å². The molecule has 1 amide bonds. The van der Waals surface area contributed by atoms with Gasteiger partial charge in [-0.05, 0) is 53.9 Å². The van der Waals surface area contributed by atoms with Crippen molar-refractivity contribution in [1.82, 2.24) is 14.8 Å². The Bertz CT molecular complexity index is 1220. The van der Waals surface area contributed by atoms with E-state index in [-0.39, 0.29) is 29.6 Å². The summed E-state index contributed by atoms with van der Waals surface area (Å²) in [6, 6.07) is 17.0. The van der Waals surface area contributed by atoms with Crippen molar-refractivity contribution in [2.24, 2.45) is 0 Å². The van der Waals surface area contributed by atoms with Gasteiger partial charge in [-0.2, -0.15) is 4.98 Å². The summed E-state index contributed by atoms with van der Waals surface area (Å²) in [7, 11) is 1.62. The maximum absolute atomic E-state index is 13.5. The first-order valence-electron chi connectivity index (χ1n) is 10.1. The van der Waals surface area contributed by atoms with Gasteiger partial charge in [-0.1, -0.05) is 24.3 Å². The number of rotatable bonds is 5. The van der Waals surface area contributed by atoms with E-state index in [9.17, 15) is 9.18 Å². The van der Waals surface area contributed by atoms with Crippen molar-refractivity contribution < 1.29 is 18.3 Å². The molecule has 2 N–H and O–H groups in total. The van der Waals surface area contributed by atoms with Crippen molar-refractivity contribution in [2.45, 2.75) is 18.5 Å². The molecule has 3 heterocycles. The molecule has 0 saturated carbocycles. The van der Waals surface area contributed by atoms with E-state index in [1.165, 1.54) is 18.4 Å². The lowest BCUT2D eigenvalue weighted by Crippen LogP contribution is -2.28. The van der Waals surface area contributed by atoms with Gasteiger partial charge in [0.1, 0.15) is 11.6 Å². The van der Waals surface area contributed by atoms with E-state index < -0.39 is 5.91 Å². The fourth-order valence-corrected chi connectivity index (χ4v) is 3.82. The molecule has 2 aromatic heterocycles. The van der Waals surface area contributed by atoms with E-state index in [1.807, 2.05) is 24.3 Å². The highest BCUT2D eigenvalue weighted by atomic mass is 19.1. The SMILES string of the molecule is COc1ccc([C@H]2C[C@@H](c3ccc(F)cc3)n3nc(NC(=O)c4ccco4)nc3N2)cc1. The third kappa shape index (κ3) is 3.80. The average molecular weight is 433 g/mol. The molecule has 2 atom stereocenters. The second-order valence-corrected chi connectivity index (χ2v) is 7.41. The van der Waals surface area contributed by atoms with Gasteiger partial charge in [-0.25, -0.2) is 9.07 Å². The summed E-state index contributed by atoms with van der Waals surface area (Å²) in [4.78, 5) is 16.8. The minimum absolute atomic E-state index is 0.0683. The number of aromatic nitrogens is 3. The lowest BCUT2D eigenvalue weighted by atomic mass is 9.93. The van der Waals surface area contributed by atoms with Crippen LogP contribution >= 0.6 is 0 Å². The Morgan fingerprint density at radius 1 is 1.16 bits per heavy atom. The molecule has 0 bridgehead atoms. The first-order valence-corrected chi connectivity index (χ1v) is 10.1. The zero-order valence-corrected chi connectivity index (χ0v) is 17.2. The van der Waals surface area contributed by atoms with E-state index in [2.05, 4.69) is 20.7 Å². The van der Waals surface area contributed by atoms with Crippen molar-refractivity contribution >= 4 is 17.8 Å². The van der Waals surface area contributed by atoms with E-state index >= 15 is 0 Å². The summed E-state index contributed by atoms with van der Waals surface area (Å²) in [5.41, 5.74) is 1.94. The van der Waals surface area contributed by atoms with Crippen molar-refractivity contribution in [3.8, 4) is 5.75 Å². The van der Waals surface area contributed by atoms with Gasteiger partial charge in [0.2, 0.25) is 5.95 Å². The standard InChI is InChI=1S/C23H20FN5O3/c1-31-17-10-6-14(7-11-17)18-13-19(15-4-8-16(24)9-5-15)29-23(25-18)27-22(28-29)26-21(30)20-3-2-12-32-20/h2-12,18-19H,13H2,1H3,(H2,25,26,27,28,30)/t18-,19+/m1/s1. The minimum Gasteiger partial charge on any atom is -0.497 e. The number of fused-ring (bicyclic) bond motifs is 1. The van der Waals surface area contributed by atoms with Crippen LogP contribution in [0.2, 0.25) is 0 Å². The Hall–Kier alpha value is -4.14. The topological polar surface area (TPSA) is 94.2 Å². The summed E-state index contributed by atoms with van der Waals surface area (Å²) in [5.74, 6) is 0.836. The molecule has 0 radical (unpaired) electrons. The average Bonchev–Trinajstić information content (AvgIpc) is 3.49. The number of hydrogen-bond acceptors (Lipinski definition) is 6. The molecule has 162 valence electrons. The minimum atomic E-state index is -0.442. The second-order valence-electron chi connectivity index (χ2n) is 7.41.